The normalized spacial score (nSPS) is 37.0. The van der Waals surface area contributed by atoms with Gasteiger partial charge in [-0.2, -0.15) is 0 Å². The van der Waals surface area contributed by atoms with Crippen molar-refractivity contribution in [2.24, 2.45) is 17.8 Å². The highest BCUT2D eigenvalue weighted by Gasteiger charge is 2.49. The highest BCUT2D eigenvalue weighted by molar-refractivity contribution is 5.56. The van der Waals surface area contributed by atoms with E-state index < -0.39 is 0 Å². The second-order valence-corrected chi connectivity index (χ2v) is 5.32. The van der Waals surface area contributed by atoms with Crippen LogP contribution in [0.3, 0.4) is 0 Å². The Labute approximate surface area is 99.8 Å². The van der Waals surface area contributed by atoms with E-state index in [2.05, 4.69) is 20.8 Å². The summed E-state index contributed by atoms with van der Waals surface area (Å²) in [7, 11) is 1.78. The number of methoxy groups -OCH3 is 1. The van der Waals surface area contributed by atoms with Gasteiger partial charge in [-0.15, -0.1) is 0 Å². The summed E-state index contributed by atoms with van der Waals surface area (Å²) in [4.78, 5) is 11.4. The fourth-order valence-corrected chi connectivity index (χ4v) is 3.66. The minimum Gasteiger partial charge on any atom is -0.377 e. The third kappa shape index (κ3) is 2.17. The fraction of sp³-hybridized carbons (Fsp3) is 0.929. The van der Waals surface area contributed by atoms with Gasteiger partial charge in [0.25, 0.3) is 0 Å². The van der Waals surface area contributed by atoms with E-state index >= 15 is 0 Å². The van der Waals surface area contributed by atoms with Crippen molar-refractivity contribution in [1.29, 1.82) is 0 Å². The van der Waals surface area contributed by atoms with E-state index in [-0.39, 0.29) is 11.5 Å². The van der Waals surface area contributed by atoms with Crippen LogP contribution >= 0.6 is 0 Å². The number of rotatable bonds is 5. The van der Waals surface area contributed by atoms with Crippen molar-refractivity contribution >= 4 is 6.29 Å². The summed E-state index contributed by atoms with van der Waals surface area (Å²) in [5, 5.41) is 0. The number of carbonyl (C=O) groups is 1. The minimum absolute atomic E-state index is 0.0628. The van der Waals surface area contributed by atoms with Crippen LogP contribution in [0, 0.1) is 17.8 Å². The van der Waals surface area contributed by atoms with Crippen LogP contribution in [-0.2, 0) is 9.53 Å². The van der Waals surface area contributed by atoms with E-state index in [1.54, 1.807) is 7.11 Å². The average Bonchev–Trinajstić information content (AvgIpc) is 2.28. The molecule has 0 aromatic carbocycles. The Hall–Kier alpha value is -0.370. The first-order chi connectivity index (χ1) is 7.63. The van der Waals surface area contributed by atoms with Gasteiger partial charge in [0.15, 0.2) is 0 Å². The number of carbonyl (C=O) groups excluding carboxylic acids is 1. The molecule has 1 aliphatic carbocycles. The van der Waals surface area contributed by atoms with Crippen molar-refractivity contribution in [3.63, 3.8) is 0 Å². The average molecular weight is 226 g/mol. The molecule has 1 saturated carbocycles. The van der Waals surface area contributed by atoms with E-state index in [0.29, 0.717) is 11.8 Å². The van der Waals surface area contributed by atoms with E-state index in [4.69, 9.17) is 4.74 Å². The Morgan fingerprint density at radius 2 is 1.94 bits per heavy atom. The van der Waals surface area contributed by atoms with Crippen molar-refractivity contribution in [3.05, 3.63) is 0 Å². The van der Waals surface area contributed by atoms with Crippen LogP contribution in [0.1, 0.15) is 52.9 Å². The van der Waals surface area contributed by atoms with Gasteiger partial charge in [-0.3, -0.25) is 0 Å². The zero-order valence-electron chi connectivity index (χ0n) is 11.2. The summed E-state index contributed by atoms with van der Waals surface area (Å²) in [6, 6.07) is 0. The fourth-order valence-electron chi connectivity index (χ4n) is 3.66. The van der Waals surface area contributed by atoms with Crippen LogP contribution in [0.2, 0.25) is 0 Å². The van der Waals surface area contributed by atoms with Gasteiger partial charge in [-0.1, -0.05) is 33.6 Å². The van der Waals surface area contributed by atoms with Crippen LogP contribution in [0.5, 0.6) is 0 Å². The zero-order chi connectivity index (χ0) is 12.2. The molecular formula is C14H26O2. The lowest BCUT2D eigenvalue weighted by Gasteiger charge is -2.49. The van der Waals surface area contributed by atoms with Crippen LogP contribution in [0.15, 0.2) is 0 Å². The molecule has 94 valence electrons. The van der Waals surface area contributed by atoms with Gasteiger partial charge in [0.05, 0.1) is 5.60 Å². The summed E-state index contributed by atoms with van der Waals surface area (Å²) >= 11 is 0. The Morgan fingerprint density at radius 3 is 2.31 bits per heavy atom. The van der Waals surface area contributed by atoms with Gasteiger partial charge in [0.2, 0.25) is 0 Å². The third-order valence-electron chi connectivity index (χ3n) is 4.51. The van der Waals surface area contributed by atoms with Crippen molar-refractivity contribution < 1.29 is 9.53 Å². The Kier molecular flexibility index (Phi) is 4.97. The predicted molar refractivity (Wildman–Crippen MR) is 66.4 cm³/mol. The van der Waals surface area contributed by atoms with Gasteiger partial charge in [0.1, 0.15) is 6.29 Å². The first-order valence-electron chi connectivity index (χ1n) is 6.63. The molecule has 3 unspecified atom stereocenters. The summed E-state index contributed by atoms with van der Waals surface area (Å²) in [6.07, 6.45) is 6.77. The molecule has 0 N–H and O–H groups in total. The van der Waals surface area contributed by atoms with Crippen LogP contribution in [0.25, 0.3) is 0 Å². The molecule has 0 aromatic rings. The standard InChI is InChI=1S/C14H26O2/c1-5-7-13(10-15)14(16-4)11(2)8-6-9-12(14)3/h10-13H,5-9H2,1-4H3. The summed E-state index contributed by atoms with van der Waals surface area (Å²) in [5.41, 5.74) is -0.212. The molecule has 16 heavy (non-hydrogen) atoms. The molecule has 1 aliphatic rings. The van der Waals surface area contributed by atoms with Gasteiger partial charge in [-0.05, 0) is 31.1 Å². The number of ether oxygens (including phenoxy) is 1. The SMILES string of the molecule is CCCC(C=O)C1(OC)C(C)CCCC1C. The molecule has 0 heterocycles. The molecule has 2 heteroatoms. The summed E-state index contributed by atoms with van der Waals surface area (Å²) in [5.74, 6) is 1.04. The van der Waals surface area contributed by atoms with E-state index in [9.17, 15) is 4.79 Å². The van der Waals surface area contributed by atoms with Crippen molar-refractivity contribution in [2.75, 3.05) is 7.11 Å². The Morgan fingerprint density at radius 1 is 1.38 bits per heavy atom. The topological polar surface area (TPSA) is 26.3 Å². The summed E-state index contributed by atoms with van der Waals surface area (Å²) in [6.45, 7) is 6.62. The van der Waals surface area contributed by atoms with Gasteiger partial charge in [0, 0.05) is 13.0 Å². The molecule has 0 bridgehead atoms. The maximum absolute atomic E-state index is 11.4. The molecule has 3 atom stereocenters. The first kappa shape index (κ1) is 13.7. The van der Waals surface area contributed by atoms with E-state index in [1.807, 2.05) is 0 Å². The lowest BCUT2D eigenvalue weighted by molar-refractivity contribution is -0.159. The minimum atomic E-state index is -0.212. The number of aldehydes is 1. The van der Waals surface area contributed by atoms with Gasteiger partial charge >= 0.3 is 0 Å². The number of hydrogen-bond acceptors (Lipinski definition) is 2. The molecule has 0 aliphatic heterocycles. The molecule has 0 saturated heterocycles. The largest absolute Gasteiger partial charge is 0.377 e. The monoisotopic (exact) mass is 226 g/mol. The van der Waals surface area contributed by atoms with Crippen molar-refractivity contribution in [3.8, 4) is 0 Å². The highest BCUT2D eigenvalue weighted by atomic mass is 16.5. The molecule has 2 nitrogen and oxygen atoms in total. The quantitative estimate of drug-likeness (QED) is 0.671. The Bertz CT molecular complexity index is 215. The first-order valence-corrected chi connectivity index (χ1v) is 6.63. The molecular weight excluding hydrogens is 200 g/mol. The Balaban J connectivity index is 2.98. The maximum atomic E-state index is 11.4. The zero-order valence-corrected chi connectivity index (χ0v) is 11.2. The maximum Gasteiger partial charge on any atom is 0.125 e. The lowest BCUT2D eigenvalue weighted by atomic mass is 9.63. The van der Waals surface area contributed by atoms with Crippen molar-refractivity contribution in [1.82, 2.24) is 0 Å². The highest BCUT2D eigenvalue weighted by Crippen LogP contribution is 2.46. The summed E-state index contributed by atoms with van der Waals surface area (Å²) < 4.78 is 5.88. The van der Waals surface area contributed by atoms with Gasteiger partial charge < -0.3 is 9.53 Å². The lowest BCUT2D eigenvalue weighted by Crippen LogP contribution is -2.53. The van der Waals surface area contributed by atoms with Crippen LogP contribution in [0.4, 0.5) is 0 Å². The molecule has 1 rings (SSSR count). The molecule has 0 spiro atoms. The van der Waals surface area contributed by atoms with Gasteiger partial charge in [-0.25, -0.2) is 0 Å². The van der Waals surface area contributed by atoms with Crippen molar-refractivity contribution in [2.45, 2.75) is 58.5 Å². The van der Waals surface area contributed by atoms with E-state index in [1.165, 1.54) is 19.3 Å². The van der Waals surface area contributed by atoms with Crippen LogP contribution < -0.4 is 0 Å². The second-order valence-electron chi connectivity index (χ2n) is 5.32. The smallest absolute Gasteiger partial charge is 0.125 e. The predicted octanol–water partition coefficient (Wildman–Crippen LogP) is 3.44. The van der Waals surface area contributed by atoms with Crippen LogP contribution in [-0.4, -0.2) is 19.0 Å². The molecule has 1 fully saturated rings. The molecule has 0 amide bonds. The number of hydrogen-bond donors (Lipinski definition) is 0. The molecule has 0 radical (unpaired) electrons. The molecule has 0 aromatic heterocycles. The van der Waals surface area contributed by atoms with E-state index in [0.717, 1.165) is 19.1 Å². The second kappa shape index (κ2) is 5.81. The third-order valence-corrected chi connectivity index (χ3v) is 4.51.